The molecule has 0 spiro atoms. The van der Waals surface area contributed by atoms with E-state index in [0.29, 0.717) is 0 Å². The summed E-state index contributed by atoms with van der Waals surface area (Å²) in [6.07, 6.45) is -5.80. The standard InChI is InChI=1S/C18H19F3N2O/c19-18(20,21)11-16(22)17(24)23(12-14-7-3-1-4-8-14)13-15-9-5-2-6-10-15/h1-10,16H,11-13,22H2. The number of rotatable bonds is 6. The Morgan fingerprint density at radius 3 is 1.71 bits per heavy atom. The molecule has 0 fully saturated rings. The molecular weight excluding hydrogens is 317 g/mol. The van der Waals surface area contributed by atoms with E-state index >= 15 is 0 Å². The smallest absolute Gasteiger partial charge is 0.333 e. The van der Waals surface area contributed by atoms with Gasteiger partial charge in [-0.05, 0) is 11.1 Å². The molecule has 24 heavy (non-hydrogen) atoms. The molecule has 0 saturated carbocycles. The number of hydrogen-bond donors (Lipinski definition) is 1. The predicted octanol–water partition coefficient (Wildman–Crippen LogP) is 3.50. The van der Waals surface area contributed by atoms with E-state index in [9.17, 15) is 18.0 Å². The second kappa shape index (κ2) is 7.97. The average Bonchev–Trinajstić information content (AvgIpc) is 2.54. The number of carbonyl (C=O) groups excluding carboxylic acids is 1. The van der Waals surface area contributed by atoms with E-state index < -0.39 is 24.5 Å². The summed E-state index contributed by atoms with van der Waals surface area (Å²) >= 11 is 0. The normalized spacial score (nSPS) is 12.7. The van der Waals surface area contributed by atoms with Gasteiger partial charge >= 0.3 is 6.18 Å². The molecular formula is C18H19F3N2O. The van der Waals surface area contributed by atoms with Crippen molar-refractivity contribution in [2.45, 2.75) is 31.7 Å². The van der Waals surface area contributed by atoms with Gasteiger partial charge in [-0.25, -0.2) is 0 Å². The maximum atomic E-state index is 12.5. The van der Waals surface area contributed by atoms with Gasteiger partial charge in [-0.1, -0.05) is 60.7 Å². The van der Waals surface area contributed by atoms with Crippen LogP contribution < -0.4 is 5.73 Å². The fourth-order valence-electron chi connectivity index (χ4n) is 2.39. The van der Waals surface area contributed by atoms with E-state index in [-0.39, 0.29) is 13.1 Å². The molecule has 0 aliphatic heterocycles. The van der Waals surface area contributed by atoms with Crippen molar-refractivity contribution in [3.8, 4) is 0 Å². The Morgan fingerprint density at radius 2 is 1.33 bits per heavy atom. The van der Waals surface area contributed by atoms with Gasteiger partial charge in [0.25, 0.3) is 0 Å². The van der Waals surface area contributed by atoms with Gasteiger partial charge in [-0.3, -0.25) is 4.79 Å². The van der Waals surface area contributed by atoms with E-state index in [1.54, 1.807) is 0 Å². The molecule has 2 N–H and O–H groups in total. The van der Waals surface area contributed by atoms with Crippen molar-refractivity contribution in [3.05, 3.63) is 71.8 Å². The largest absolute Gasteiger partial charge is 0.391 e. The number of alkyl halides is 3. The van der Waals surface area contributed by atoms with Gasteiger partial charge in [0.15, 0.2) is 0 Å². The molecule has 1 amide bonds. The second-order valence-electron chi connectivity index (χ2n) is 5.59. The Balaban J connectivity index is 2.16. The molecule has 0 radical (unpaired) electrons. The lowest BCUT2D eigenvalue weighted by molar-refractivity contribution is -0.153. The summed E-state index contributed by atoms with van der Waals surface area (Å²) in [7, 11) is 0. The first kappa shape index (κ1) is 18.0. The first-order chi connectivity index (χ1) is 11.3. The highest BCUT2D eigenvalue weighted by Gasteiger charge is 2.35. The topological polar surface area (TPSA) is 46.3 Å². The van der Waals surface area contributed by atoms with Crippen molar-refractivity contribution in [1.82, 2.24) is 4.90 Å². The number of amides is 1. The predicted molar refractivity (Wildman–Crippen MR) is 85.8 cm³/mol. The molecule has 6 heteroatoms. The zero-order valence-corrected chi connectivity index (χ0v) is 13.0. The Hall–Kier alpha value is -2.34. The second-order valence-corrected chi connectivity index (χ2v) is 5.59. The van der Waals surface area contributed by atoms with Crippen LogP contribution in [0.5, 0.6) is 0 Å². The van der Waals surface area contributed by atoms with Crippen LogP contribution in [0, 0.1) is 0 Å². The van der Waals surface area contributed by atoms with Gasteiger partial charge in [0.2, 0.25) is 5.91 Å². The summed E-state index contributed by atoms with van der Waals surface area (Å²) in [5.41, 5.74) is 7.17. The molecule has 1 unspecified atom stereocenters. The van der Waals surface area contributed by atoms with Gasteiger partial charge in [0.05, 0.1) is 12.5 Å². The molecule has 2 rings (SSSR count). The number of benzene rings is 2. The zero-order chi connectivity index (χ0) is 17.6. The highest BCUT2D eigenvalue weighted by molar-refractivity contribution is 5.81. The molecule has 128 valence electrons. The van der Waals surface area contributed by atoms with Gasteiger partial charge in [0, 0.05) is 13.1 Å². The number of carbonyl (C=O) groups is 1. The van der Waals surface area contributed by atoms with Crippen LogP contribution in [-0.2, 0) is 17.9 Å². The third-order valence-electron chi connectivity index (χ3n) is 3.51. The van der Waals surface area contributed by atoms with Crippen LogP contribution >= 0.6 is 0 Å². The van der Waals surface area contributed by atoms with Crippen molar-refractivity contribution < 1.29 is 18.0 Å². The molecule has 1 atom stereocenters. The lowest BCUT2D eigenvalue weighted by atomic mass is 10.1. The zero-order valence-electron chi connectivity index (χ0n) is 13.0. The number of nitrogens with zero attached hydrogens (tertiary/aromatic N) is 1. The van der Waals surface area contributed by atoms with E-state index in [1.807, 2.05) is 60.7 Å². The first-order valence-corrected chi connectivity index (χ1v) is 7.54. The minimum absolute atomic E-state index is 0.208. The first-order valence-electron chi connectivity index (χ1n) is 7.54. The fourth-order valence-corrected chi connectivity index (χ4v) is 2.39. The lowest BCUT2D eigenvalue weighted by Crippen LogP contribution is -2.45. The van der Waals surface area contributed by atoms with E-state index in [4.69, 9.17) is 5.73 Å². The Labute approximate surface area is 138 Å². The van der Waals surface area contributed by atoms with Gasteiger partial charge in [-0.2, -0.15) is 13.2 Å². The highest BCUT2D eigenvalue weighted by atomic mass is 19.4. The molecule has 0 aliphatic rings. The van der Waals surface area contributed by atoms with Crippen LogP contribution in [0.3, 0.4) is 0 Å². The average molecular weight is 336 g/mol. The van der Waals surface area contributed by atoms with Crippen molar-refractivity contribution in [2.24, 2.45) is 5.73 Å². The summed E-state index contributed by atoms with van der Waals surface area (Å²) in [6.45, 7) is 0.417. The maximum absolute atomic E-state index is 12.5. The highest BCUT2D eigenvalue weighted by Crippen LogP contribution is 2.22. The van der Waals surface area contributed by atoms with E-state index in [1.165, 1.54) is 4.90 Å². The Kier molecular flexibility index (Phi) is 5.98. The monoisotopic (exact) mass is 336 g/mol. The quantitative estimate of drug-likeness (QED) is 0.878. The van der Waals surface area contributed by atoms with Crippen LogP contribution in [0.4, 0.5) is 13.2 Å². The summed E-state index contributed by atoms with van der Waals surface area (Å²) in [5.74, 6) is -0.708. The minimum Gasteiger partial charge on any atom is -0.333 e. The Bertz CT molecular complexity index is 603. The van der Waals surface area contributed by atoms with Crippen molar-refractivity contribution in [3.63, 3.8) is 0 Å². The third-order valence-corrected chi connectivity index (χ3v) is 3.51. The number of nitrogens with two attached hydrogens (primary N) is 1. The molecule has 0 aliphatic carbocycles. The SMILES string of the molecule is NC(CC(F)(F)F)C(=O)N(Cc1ccccc1)Cc1ccccc1. The summed E-state index contributed by atoms with van der Waals surface area (Å²) in [6, 6.07) is 16.6. The molecule has 2 aromatic rings. The molecule has 2 aromatic carbocycles. The van der Waals surface area contributed by atoms with Gasteiger partial charge in [-0.15, -0.1) is 0 Å². The van der Waals surface area contributed by atoms with Gasteiger partial charge < -0.3 is 10.6 Å². The van der Waals surface area contributed by atoms with Crippen LogP contribution in [0.25, 0.3) is 0 Å². The van der Waals surface area contributed by atoms with Crippen LogP contribution in [-0.4, -0.2) is 23.0 Å². The van der Waals surface area contributed by atoms with Crippen LogP contribution in [0.1, 0.15) is 17.5 Å². The number of halogens is 3. The van der Waals surface area contributed by atoms with E-state index in [0.717, 1.165) is 11.1 Å². The third kappa shape index (κ3) is 5.70. The summed E-state index contributed by atoms with van der Waals surface area (Å²) in [4.78, 5) is 13.8. The number of hydrogen-bond acceptors (Lipinski definition) is 2. The molecule has 0 heterocycles. The van der Waals surface area contributed by atoms with Crippen LogP contribution in [0.2, 0.25) is 0 Å². The Morgan fingerprint density at radius 1 is 0.917 bits per heavy atom. The summed E-state index contributed by atoms with van der Waals surface area (Å²) in [5, 5.41) is 0. The van der Waals surface area contributed by atoms with Crippen molar-refractivity contribution >= 4 is 5.91 Å². The van der Waals surface area contributed by atoms with Crippen molar-refractivity contribution in [1.29, 1.82) is 0 Å². The van der Waals surface area contributed by atoms with E-state index in [2.05, 4.69) is 0 Å². The minimum atomic E-state index is -4.47. The molecule has 3 nitrogen and oxygen atoms in total. The lowest BCUT2D eigenvalue weighted by Gasteiger charge is -2.26. The fraction of sp³-hybridized carbons (Fsp3) is 0.278. The van der Waals surface area contributed by atoms with Gasteiger partial charge in [0.1, 0.15) is 0 Å². The summed E-state index contributed by atoms with van der Waals surface area (Å²) < 4.78 is 37.6. The maximum Gasteiger partial charge on any atom is 0.391 e. The molecule has 0 saturated heterocycles. The van der Waals surface area contributed by atoms with Crippen molar-refractivity contribution in [2.75, 3.05) is 0 Å². The molecule has 0 bridgehead atoms. The molecule has 0 aromatic heterocycles. The van der Waals surface area contributed by atoms with Crippen LogP contribution in [0.15, 0.2) is 60.7 Å².